The standard InChI is InChI=1S/C18H15NO3S/c1-10-11(2)23-17(15(10)18(21)22)19-16(20)14-8-7-12-5-3-4-6-13(12)9-14/h3-9H,1-2H3,(H,19,20)(H,21,22). The van der Waals surface area contributed by atoms with Crippen LogP contribution < -0.4 is 5.32 Å². The minimum absolute atomic E-state index is 0.168. The van der Waals surface area contributed by atoms with Crippen LogP contribution in [0.5, 0.6) is 0 Å². The number of thiophene rings is 1. The van der Waals surface area contributed by atoms with Gasteiger partial charge in [-0.05, 0) is 42.3 Å². The average Bonchev–Trinajstić information content (AvgIpc) is 2.81. The van der Waals surface area contributed by atoms with E-state index in [1.807, 2.05) is 37.3 Å². The van der Waals surface area contributed by atoms with Crippen LogP contribution in [0, 0.1) is 13.8 Å². The predicted octanol–water partition coefficient (Wildman–Crippen LogP) is 4.47. The maximum atomic E-state index is 12.5. The van der Waals surface area contributed by atoms with Crippen LogP contribution in [-0.4, -0.2) is 17.0 Å². The summed E-state index contributed by atoms with van der Waals surface area (Å²) in [6.45, 7) is 3.60. The van der Waals surface area contributed by atoms with Crippen LogP contribution in [0.1, 0.15) is 31.2 Å². The summed E-state index contributed by atoms with van der Waals surface area (Å²) in [7, 11) is 0. The molecule has 3 rings (SSSR count). The Balaban J connectivity index is 1.95. The van der Waals surface area contributed by atoms with Crippen molar-refractivity contribution in [3.05, 3.63) is 64.0 Å². The lowest BCUT2D eigenvalue weighted by Crippen LogP contribution is -2.13. The molecule has 23 heavy (non-hydrogen) atoms. The van der Waals surface area contributed by atoms with E-state index in [9.17, 15) is 14.7 Å². The number of hydrogen-bond acceptors (Lipinski definition) is 3. The van der Waals surface area contributed by atoms with Gasteiger partial charge in [-0.15, -0.1) is 11.3 Å². The van der Waals surface area contributed by atoms with E-state index in [1.54, 1.807) is 19.1 Å². The highest BCUT2D eigenvalue weighted by Gasteiger charge is 2.20. The van der Waals surface area contributed by atoms with E-state index in [1.165, 1.54) is 11.3 Å². The number of carboxylic acid groups (broad SMARTS) is 1. The van der Waals surface area contributed by atoms with Crippen molar-refractivity contribution in [3.63, 3.8) is 0 Å². The van der Waals surface area contributed by atoms with Gasteiger partial charge in [-0.25, -0.2) is 4.79 Å². The van der Waals surface area contributed by atoms with E-state index in [-0.39, 0.29) is 11.5 Å². The molecule has 0 saturated carbocycles. The Morgan fingerprint density at radius 2 is 1.74 bits per heavy atom. The number of anilines is 1. The van der Waals surface area contributed by atoms with Gasteiger partial charge >= 0.3 is 5.97 Å². The Morgan fingerprint density at radius 1 is 1.04 bits per heavy atom. The molecule has 1 heterocycles. The first-order valence-corrected chi connectivity index (χ1v) is 7.92. The SMILES string of the molecule is Cc1sc(NC(=O)c2ccc3ccccc3c2)c(C(=O)O)c1C. The first kappa shape index (κ1) is 15.2. The minimum atomic E-state index is -1.03. The van der Waals surface area contributed by atoms with E-state index < -0.39 is 5.97 Å². The van der Waals surface area contributed by atoms with Gasteiger partial charge < -0.3 is 10.4 Å². The van der Waals surface area contributed by atoms with Gasteiger partial charge in [0, 0.05) is 10.4 Å². The number of carbonyl (C=O) groups excluding carboxylic acids is 1. The smallest absolute Gasteiger partial charge is 0.338 e. The molecule has 3 aromatic rings. The molecule has 2 N–H and O–H groups in total. The molecule has 4 nitrogen and oxygen atoms in total. The molecule has 0 aliphatic heterocycles. The predicted molar refractivity (Wildman–Crippen MR) is 92.7 cm³/mol. The molecule has 116 valence electrons. The van der Waals surface area contributed by atoms with Crippen LogP contribution in [0.2, 0.25) is 0 Å². The van der Waals surface area contributed by atoms with Gasteiger partial charge in [-0.1, -0.05) is 30.3 Å². The quantitative estimate of drug-likeness (QED) is 0.746. The highest BCUT2D eigenvalue weighted by atomic mass is 32.1. The van der Waals surface area contributed by atoms with Crippen molar-refractivity contribution in [2.24, 2.45) is 0 Å². The van der Waals surface area contributed by atoms with Crippen molar-refractivity contribution in [3.8, 4) is 0 Å². The molecule has 0 fully saturated rings. The molecule has 0 aliphatic rings. The summed E-state index contributed by atoms with van der Waals surface area (Å²) in [6, 6.07) is 13.2. The lowest BCUT2D eigenvalue weighted by molar-refractivity contribution is 0.0697. The molecular weight excluding hydrogens is 310 g/mol. The first-order chi connectivity index (χ1) is 11.0. The van der Waals surface area contributed by atoms with Crippen LogP contribution in [0.15, 0.2) is 42.5 Å². The maximum Gasteiger partial charge on any atom is 0.338 e. The van der Waals surface area contributed by atoms with Crippen LogP contribution in [-0.2, 0) is 0 Å². The van der Waals surface area contributed by atoms with Crippen molar-refractivity contribution in [2.45, 2.75) is 13.8 Å². The second-order valence-electron chi connectivity index (χ2n) is 5.31. The van der Waals surface area contributed by atoms with Crippen molar-refractivity contribution < 1.29 is 14.7 Å². The first-order valence-electron chi connectivity index (χ1n) is 7.11. The number of fused-ring (bicyclic) bond motifs is 1. The molecule has 0 radical (unpaired) electrons. The van der Waals surface area contributed by atoms with Gasteiger partial charge in [-0.3, -0.25) is 4.79 Å². The number of aryl methyl sites for hydroxylation is 1. The van der Waals surface area contributed by atoms with Gasteiger partial charge in [-0.2, -0.15) is 0 Å². The summed E-state index contributed by atoms with van der Waals surface area (Å²) in [5, 5.41) is 14.5. The highest BCUT2D eigenvalue weighted by Crippen LogP contribution is 2.32. The minimum Gasteiger partial charge on any atom is -0.478 e. The number of nitrogens with one attached hydrogen (secondary N) is 1. The number of rotatable bonds is 3. The summed E-state index contributed by atoms with van der Waals surface area (Å²) >= 11 is 1.28. The molecule has 0 unspecified atom stereocenters. The fraction of sp³-hybridized carbons (Fsp3) is 0.111. The van der Waals surface area contributed by atoms with Gasteiger partial charge in [0.15, 0.2) is 0 Å². The number of carboxylic acids is 1. The number of benzene rings is 2. The van der Waals surface area contributed by atoms with E-state index in [2.05, 4.69) is 5.32 Å². The van der Waals surface area contributed by atoms with Crippen LogP contribution >= 0.6 is 11.3 Å². The van der Waals surface area contributed by atoms with Crippen LogP contribution in [0.4, 0.5) is 5.00 Å². The van der Waals surface area contributed by atoms with Gasteiger partial charge in [0.1, 0.15) is 5.00 Å². The zero-order valence-corrected chi connectivity index (χ0v) is 13.5. The molecular formula is C18H15NO3S. The van der Waals surface area contributed by atoms with E-state index >= 15 is 0 Å². The Kier molecular flexibility index (Phi) is 3.88. The topological polar surface area (TPSA) is 66.4 Å². The van der Waals surface area contributed by atoms with Crippen molar-refractivity contribution in [2.75, 3.05) is 5.32 Å². The number of amides is 1. The van der Waals surface area contributed by atoms with Gasteiger partial charge in [0.05, 0.1) is 5.56 Å². The summed E-state index contributed by atoms with van der Waals surface area (Å²) in [6.07, 6.45) is 0. The van der Waals surface area contributed by atoms with E-state index in [0.29, 0.717) is 16.1 Å². The summed E-state index contributed by atoms with van der Waals surface area (Å²) in [4.78, 5) is 24.7. The fourth-order valence-electron chi connectivity index (χ4n) is 2.48. The molecule has 0 bridgehead atoms. The van der Waals surface area contributed by atoms with E-state index in [0.717, 1.165) is 15.6 Å². The van der Waals surface area contributed by atoms with Gasteiger partial charge in [0.25, 0.3) is 5.91 Å². The van der Waals surface area contributed by atoms with Crippen LogP contribution in [0.3, 0.4) is 0 Å². The molecule has 1 aromatic heterocycles. The number of aromatic carboxylic acids is 1. The normalized spacial score (nSPS) is 10.7. The second-order valence-corrected chi connectivity index (χ2v) is 6.53. The molecule has 0 atom stereocenters. The van der Waals surface area contributed by atoms with Crippen LogP contribution in [0.25, 0.3) is 10.8 Å². The Bertz CT molecular complexity index is 927. The number of carbonyl (C=O) groups is 2. The third kappa shape index (κ3) is 2.83. The molecule has 5 heteroatoms. The molecule has 0 saturated heterocycles. The Morgan fingerprint density at radius 3 is 2.43 bits per heavy atom. The summed E-state index contributed by atoms with van der Waals surface area (Å²) in [5.41, 5.74) is 1.36. The van der Waals surface area contributed by atoms with Crippen molar-refractivity contribution in [1.29, 1.82) is 0 Å². The molecule has 1 amide bonds. The third-order valence-corrected chi connectivity index (χ3v) is 4.96. The maximum absolute atomic E-state index is 12.5. The molecule has 0 aliphatic carbocycles. The molecule has 2 aromatic carbocycles. The zero-order valence-electron chi connectivity index (χ0n) is 12.7. The summed E-state index contributed by atoms with van der Waals surface area (Å²) < 4.78 is 0. The van der Waals surface area contributed by atoms with Crippen molar-refractivity contribution in [1.82, 2.24) is 0 Å². The lowest BCUT2D eigenvalue weighted by Gasteiger charge is -2.06. The third-order valence-electron chi connectivity index (χ3n) is 3.84. The zero-order chi connectivity index (χ0) is 16.6. The fourth-order valence-corrected chi connectivity index (χ4v) is 3.53. The van der Waals surface area contributed by atoms with Gasteiger partial charge in [0.2, 0.25) is 0 Å². The summed E-state index contributed by atoms with van der Waals surface area (Å²) in [5.74, 6) is -1.33. The van der Waals surface area contributed by atoms with E-state index in [4.69, 9.17) is 0 Å². The monoisotopic (exact) mass is 325 g/mol. The largest absolute Gasteiger partial charge is 0.478 e. The lowest BCUT2D eigenvalue weighted by atomic mass is 10.1. The Labute approximate surface area is 137 Å². The highest BCUT2D eigenvalue weighted by molar-refractivity contribution is 7.16. The molecule has 0 spiro atoms. The number of hydrogen-bond donors (Lipinski definition) is 2. The Hall–Kier alpha value is -2.66. The van der Waals surface area contributed by atoms with Crippen molar-refractivity contribution >= 4 is 39.0 Å². The second kappa shape index (κ2) is 5.85. The average molecular weight is 325 g/mol.